The Labute approximate surface area is 119 Å². The van der Waals surface area contributed by atoms with Crippen LogP contribution >= 0.6 is 0 Å². The fraction of sp³-hybridized carbons (Fsp3) is 0.429. The third-order valence-corrected chi connectivity index (χ3v) is 2.78. The SMILES string of the molecule is CC(C)(C)C(=O)CNC(=O)c1ccc(F)c(C(F)(F)F)c1. The minimum atomic E-state index is -4.89. The van der Waals surface area contributed by atoms with Crippen molar-refractivity contribution < 1.29 is 27.2 Å². The number of Topliss-reactive ketones (excluding diaryl/α,β-unsaturated/α-hetero) is 1. The second-order valence-corrected chi connectivity index (χ2v) is 5.55. The third kappa shape index (κ3) is 4.54. The average molecular weight is 305 g/mol. The highest BCUT2D eigenvalue weighted by Crippen LogP contribution is 2.31. The molecule has 0 radical (unpaired) electrons. The zero-order chi connectivity index (χ0) is 16.4. The summed E-state index contributed by atoms with van der Waals surface area (Å²) in [5.41, 5.74) is -2.55. The molecule has 0 heterocycles. The van der Waals surface area contributed by atoms with Crippen molar-refractivity contribution in [2.45, 2.75) is 26.9 Å². The summed E-state index contributed by atoms with van der Waals surface area (Å²) in [4.78, 5) is 23.3. The molecule has 0 aliphatic heterocycles. The number of amides is 1. The summed E-state index contributed by atoms with van der Waals surface area (Å²) in [7, 11) is 0. The lowest BCUT2D eigenvalue weighted by Crippen LogP contribution is -2.35. The van der Waals surface area contributed by atoms with Crippen molar-refractivity contribution in [3.8, 4) is 0 Å². The van der Waals surface area contributed by atoms with Gasteiger partial charge in [-0.25, -0.2) is 4.39 Å². The molecule has 0 saturated heterocycles. The molecule has 0 aliphatic carbocycles. The van der Waals surface area contributed by atoms with Crippen LogP contribution in [0.4, 0.5) is 17.6 Å². The monoisotopic (exact) mass is 305 g/mol. The first-order valence-corrected chi connectivity index (χ1v) is 6.11. The molecule has 0 saturated carbocycles. The highest BCUT2D eigenvalue weighted by atomic mass is 19.4. The van der Waals surface area contributed by atoms with Crippen LogP contribution in [0, 0.1) is 11.2 Å². The van der Waals surface area contributed by atoms with Crippen molar-refractivity contribution in [3.05, 3.63) is 35.1 Å². The molecule has 1 N–H and O–H groups in total. The van der Waals surface area contributed by atoms with Gasteiger partial charge in [0.2, 0.25) is 0 Å². The Bertz CT molecular complexity index is 559. The van der Waals surface area contributed by atoms with Gasteiger partial charge in [-0.05, 0) is 18.2 Å². The lowest BCUT2D eigenvalue weighted by Gasteiger charge is -2.17. The van der Waals surface area contributed by atoms with Crippen LogP contribution in [0.3, 0.4) is 0 Å². The Morgan fingerprint density at radius 1 is 1.14 bits per heavy atom. The lowest BCUT2D eigenvalue weighted by molar-refractivity contribution is -0.140. The van der Waals surface area contributed by atoms with Crippen LogP contribution in [-0.2, 0) is 11.0 Å². The number of benzene rings is 1. The Morgan fingerprint density at radius 2 is 1.71 bits per heavy atom. The molecule has 0 atom stereocenters. The average Bonchev–Trinajstić information content (AvgIpc) is 2.33. The Morgan fingerprint density at radius 3 is 2.19 bits per heavy atom. The van der Waals surface area contributed by atoms with Crippen LogP contribution in [0.5, 0.6) is 0 Å². The summed E-state index contributed by atoms with van der Waals surface area (Å²) in [6, 6.07) is 1.93. The van der Waals surface area contributed by atoms with Gasteiger partial charge in [0.25, 0.3) is 5.91 Å². The van der Waals surface area contributed by atoms with E-state index < -0.39 is 28.9 Å². The van der Waals surface area contributed by atoms with E-state index in [4.69, 9.17) is 0 Å². The van der Waals surface area contributed by atoms with Crippen LogP contribution < -0.4 is 5.32 Å². The quantitative estimate of drug-likeness (QED) is 0.872. The van der Waals surface area contributed by atoms with Crippen LogP contribution in [0.25, 0.3) is 0 Å². The lowest BCUT2D eigenvalue weighted by atomic mass is 9.91. The van der Waals surface area contributed by atoms with Crippen molar-refractivity contribution in [2.75, 3.05) is 6.54 Å². The van der Waals surface area contributed by atoms with E-state index in [9.17, 15) is 27.2 Å². The first kappa shape index (κ1) is 17.1. The predicted octanol–water partition coefficient (Wildman–Crippen LogP) is 3.19. The molecule has 3 nitrogen and oxygen atoms in total. The van der Waals surface area contributed by atoms with Crippen molar-refractivity contribution in [2.24, 2.45) is 5.41 Å². The molecule has 1 amide bonds. The highest BCUT2D eigenvalue weighted by molar-refractivity contribution is 5.97. The number of carbonyl (C=O) groups excluding carboxylic acids is 2. The first-order valence-electron chi connectivity index (χ1n) is 6.11. The summed E-state index contributed by atoms with van der Waals surface area (Å²) >= 11 is 0. The van der Waals surface area contributed by atoms with Crippen LogP contribution in [-0.4, -0.2) is 18.2 Å². The van der Waals surface area contributed by atoms with Crippen LogP contribution in [0.2, 0.25) is 0 Å². The minimum absolute atomic E-state index is 0.269. The Hall–Kier alpha value is -1.92. The molecule has 0 bridgehead atoms. The number of ketones is 1. The third-order valence-electron chi connectivity index (χ3n) is 2.78. The van der Waals surface area contributed by atoms with E-state index in [1.807, 2.05) is 0 Å². The van der Waals surface area contributed by atoms with E-state index in [1.165, 1.54) is 0 Å². The first-order chi connectivity index (χ1) is 9.43. The number of hydrogen-bond donors (Lipinski definition) is 1. The topological polar surface area (TPSA) is 46.2 Å². The van der Waals surface area contributed by atoms with Gasteiger partial charge in [0.15, 0.2) is 5.78 Å². The van der Waals surface area contributed by atoms with Crippen LogP contribution in [0.15, 0.2) is 18.2 Å². The smallest absolute Gasteiger partial charge is 0.345 e. The van der Waals surface area contributed by atoms with Gasteiger partial charge in [-0.1, -0.05) is 20.8 Å². The largest absolute Gasteiger partial charge is 0.419 e. The van der Waals surface area contributed by atoms with E-state index >= 15 is 0 Å². The van der Waals surface area contributed by atoms with Gasteiger partial charge in [-0.15, -0.1) is 0 Å². The summed E-state index contributed by atoms with van der Waals surface area (Å²) < 4.78 is 50.7. The number of hydrogen-bond acceptors (Lipinski definition) is 2. The molecule has 116 valence electrons. The molecule has 1 rings (SSSR count). The zero-order valence-electron chi connectivity index (χ0n) is 11.8. The second-order valence-electron chi connectivity index (χ2n) is 5.55. The molecular formula is C14H15F4NO2. The van der Waals surface area contributed by atoms with Crippen molar-refractivity contribution in [1.29, 1.82) is 0 Å². The van der Waals surface area contributed by atoms with Gasteiger partial charge in [0.05, 0.1) is 12.1 Å². The predicted molar refractivity (Wildman–Crippen MR) is 68.2 cm³/mol. The van der Waals surface area contributed by atoms with Crippen molar-refractivity contribution >= 4 is 11.7 Å². The molecule has 0 aromatic heterocycles. The van der Waals surface area contributed by atoms with Gasteiger partial charge in [0, 0.05) is 11.0 Å². The molecule has 7 heteroatoms. The summed E-state index contributed by atoms with van der Waals surface area (Å²) in [5, 5.41) is 2.23. The number of nitrogens with one attached hydrogen (secondary N) is 1. The number of rotatable bonds is 3. The Balaban J connectivity index is 2.88. The molecule has 21 heavy (non-hydrogen) atoms. The molecule has 0 spiro atoms. The second kappa shape index (κ2) is 5.83. The van der Waals surface area contributed by atoms with E-state index in [1.54, 1.807) is 20.8 Å². The summed E-state index contributed by atoms with van der Waals surface area (Å²) in [6.45, 7) is 4.66. The van der Waals surface area contributed by atoms with Crippen molar-refractivity contribution in [1.82, 2.24) is 5.32 Å². The highest BCUT2D eigenvalue weighted by Gasteiger charge is 2.34. The molecule has 1 aromatic carbocycles. The maximum atomic E-state index is 13.1. The minimum Gasteiger partial charge on any atom is -0.345 e. The molecule has 0 fully saturated rings. The number of halogens is 4. The summed E-state index contributed by atoms with van der Waals surface area (Å²) in [5.74, 6) is -2.59. The van der Waals surface area contributed by atoms with Gasteiger partial charge in [0.1, 0.15) is 5.82 Å². The fourth-order valence-electron chi connectivity index (χ4n) is 1.41. The van der Waals surface area contributed by atoms with E-state index in [2.05, 4.69) is 5.32 Å². The molecule has 1 aromatic rings. The molecular weight excluding hydrogens is 290 g/mol. The molecule has 0 unspecified atom stereocenters. The standard InChI is InChI=1S/C14H15F4NO2/c1-13(2,3)11(20)7-19-12(21)8-4-5-10(15)9(6-8)14(16,17)18/h4-6H,7H2,1-3H3,(H,19,21). The zero-order valence-corrected chi connectivity index (χ0v) is 11.8. The molecule has 0 aliphatic rings. The van der Waals surface area contributed by atoms with Gasteiger partial charge >= 0.3 is 6.18 Å². The van der Waals surface area contributed by atoms with Crippen LogP contribution in [0.1, 0.15) is 36.7 Å². The fourth-order valence-corrected chi connectivity index (χ4v) is 1.41. The van der Waals surface area contributed by atoms with E-state index in [0.717, 1.165) is 6.07 Å². The maximum Gasteiger partial charge on any atom is 0.419 e. The van der Waals surface area contributed by atoms with E-state index in [0.29, 0.717) is 12.1 Å². The normalized spacial score (nSPS) is 12.1. The van der Waals surface area contributed by atoms with E-state index in [-0.39, 0.29) is 17.9 Å². The van der Waals surface area contributed by atoms with Gasteiger partial charge in [-0.2, -0.15) is 13.2 Å². The van der Waals surface area contributed by atoms with Crippen molar-refractivity contribution in [3.63, 3.8) is 0 Å². The maximum absolute atomic E-state index is 13.1. The Kier molecular flexibility index (Phi) is 4.76. The van der Waals surface area contributed by atoms with Gasteiger partial charge in [-0.3, -0.25) is 9.59 Å². The summed E-state index contributed by atoms with van der Waals surface area (Å²) in [6.07, 6.45) is -4.89. The van der Waals surface area contributed by atoms with Gasteiger partial charge < -0.3 is 5.32 Å². The number of carbonyl (C=O) groups is 2. The number of alkyl halides is 3.